The number of aryl methyl sites for hydroxylation is 1. The van der Waals surface area contributed by atoms with Crippen molar-refractivity contribution in [2.45, 2.75) is 6.92 Å². The Morgan fingerprint density at radius 2 is 2.06 bits per heavy atom. The van der Waals surface area contributed by atoms with Crippen LogP contribution in [0.4, 0.5) is 11.5 Å². The molecule has 0 radical (unpaired) electrons. The number of aromatic nitrogens is 2. The van der Waals surface area contributed by atoms with Crippen LogP contribution in [0.3, 0.4) is 0 Å². The zero-order chi connectivity index (χ0) is 13.1. The molecule has 6 heteroatoms. The topological polar surface area (TPSA) is 63.8 Å². The van der Waals surface area contributed by atoms with Crippen molar-refractivity contribution in [3.63, 3.8) is 0 Å². The van der Waals surface area contributed by atoms with E-state index in [4.69, 9.17) is 18.0 Å². The molecular formula is C12H11BrN4S. The molecule has 18 heavy (non-hydrogen) atoms. The summed E-state index contributed by atoms with van der Waals surface area (Å²) in [6.07, 6.45) is 3.16. The van der Waals surface area contributed by atoms with Gasteiger partial charge in [0.05, 0.1) is 0 Å². The molecule has 2 aromatic rings. The van der Waals surface area contributed by atoms with Crippen LogP contribution in [-0.4, -0.2) is 15.0 Å². The van der Waals surface area contributed by atoms with Gasteiger partial charge in [-0.3, -0.25) is 0 Å². The number of hydrogen-bond acceptors (Lipinski definition) is 4. The summed E-state index contributed by atoms with van der Waals surface area (Å²) in [6.45, 7) is 2.01. The maximum atomic E-state index is 5.60. The minimum absolute atomic E-state index is 0.222. The van der Waals surface area contributed by atoms with E-state index in [1.807, 2.05) is 25.1 Å². The van der Waals surface area contributed by atoms with Gasteiger partial charge in [0.2, 0.25) is 0 Å². The Bertz CT molecular complexity index is 600. The van der Waals surface area contributed by atoms with E-state index in [-0.39, 0.29) is 4.99 Å². The Morgan fingerprint density at radius 3 is 2.72 bits per heavy atom. The molecule has 0 fully saturated rings. The lowest BCUT2D eigenvalue weighted by Gasteiger charge is -2.10. The van der Waals surface area contributed by atoms with Crippen molar-refractivity contribution in [3.05, 3.63) is 46.3 Å². The average Bonchev–Trinajstić information content (AvgIpc) is 2.34. The fourth-order valence-electron chi connectivity index (χ4n) is 1.47. The number of hydrogen-bond donors (Lipinski definition) is 2. The molecule has 0 saturated heterocycles. The molecule has 0 spiro atoms. The maximum Gasteiger partial charge on any atom is 0.159 e. The molecule has 0 unspecified atom stereocenters. The van der Waals surface area contributed by atoms with Crippen LogP contribution in [0.5, 0.6) is 0 Å². The highest BCUT2D eigenvalue weighted by atomic mass is 79.9. The number of rotatable bonds is 3. The molecule has 0 saturated carbocycles. The van der Waals surface area contributed by atoms with Crippen LogP contribution >= 0.6 is 28.1 Å². The third-order valence-electron chi connectivity index (χ3n) is 2.35. The monoisotopic (exact) mass is 322 g/mol. The van der Waals surface area contributed by atoms with E-state index in [0.29, 0.717) is 11.5 Å². The fourth-order valence-corrected chi connectivity index (χ4v) is 1.86. The standard InChI is InChI=1S/C12H11BrN4S/c1-7-6-8(2-3-9(7)13)17-12-10(11(14)18)15-4-5-16-12/h2-6H,1H3,(H2,14,18)(H,16,17). The lowest BCUT2D eigenvalue weighted by molar-refractivity contribution is 1.18. The van der Waals surface area contributed by atoms with Gasteiger partial charge < -0.3 is 11.1 Å². The molecule has 1 aromatic carbocycles. The van der Waals surface area contributed by atoms with Crippen molar-refractivity contribution in [2.75, 3.05) is 5.32 Å². The maximum absolute atomic E-state index is 5.60. The zero-order valence-electron chi connectivity index (χ0n) is 9.64. The lowest BCUT2D eigenvalue weighted by atomic mass is 10.2. The van der Waals surface area contributed by atoms with Gasteiger partial charge in [-0.1, -0.05) is 28.1 Å². The summed E-state index contributed by atoms with van der Waals surface area (Å²) in [6, 6.07) is 5.91. The summed E-state index contributed by atoms with van der Waals surface area (Å²) >= 11 is 8.40. The smallest absolute Gasteiger partial charge is 0.159 e. The third-order valence-corrected chi connectivity index (χ3v) is 3.44. The molecular weight excluding hydrogens is 312 g/mol. The molecule has 0 atom stereocenters. The Labute approximate surface area is 119 Å². The quantitative estimate of drug-likeness (QED) is 0.851. The van der Waals surface area contributed by atoms with Crippen molar-refractivity contribution in [1.29, 1.82) is 0 Å². The number of thiocarbonyl (C=S) groups is 1. The molecule has 0 aliphatic carbocycles. The molecule has 4 nitrogen and oxygen atoms in total. The first-order valence-electron chi connectivity index (χ1n) is 5.22. The predicted molar refractivity (Wildman–Crippen MR) is 80.1 cm³/mol. The van der Waals surface area contributed by atoms with Crippen molar-refractivity contribution < 1.29 is 0 Å². The van der Waals surface area contributed by atoms with Gasteiger partial charge in [-0.05, 0) is 30.7 Å². The molecule has 92 valence electrons. The van der Waals surface area contributed by atoms with E-state index in [2.05, 4.69) is 31.2 Å². The van der Waals surface area contributed by atoms with Crippen molar-refractivity contribution in [2.24, 2.45) is 5.73 Å². The zero-order valence-corrected chi connectivity index (χ0v) is 12.0. The van der Waals surface area contributed by atoms with Gasteiger partial charge in [-0.25, -0.2) is 9.97 Å². The molecule has 1 aromatic heterocycles. The summed E-state index contributed by atoms with van der Waals surface area (Å²) in [5, 5.41) is 3.16. The number of nitrogens with two attached hydrogens (primary N) is 1. The first kappa shape index (κ1) is 12.9. The van der Waals surface area contributed by atoms with Gasteiger partial charge in [0.15, 0.2) is 5.82 Å². The highest BCUT2D eigenvalue weighted by Gasteiger charge is 2.08. The van der Waals surface area contributed by atoms with Gasteiger partial charge >= 0.3 is 0 Å². The summed E-state index contributed by atoms with van der Waals surface area (Å²) in [7, 11) is 0. The van der Waals surface area contributed by atoms with E-state index < -0.39 is 0 Å². The minimum Gasteiger partial charge on any atom is -0.388 e. The van der Waals surface area contributed by atoms with Crippen LogP contribution in [0.2, 0.25) is 0 Å². The van der Waals surface area contributed by atoms with Crippen LogP contribution in [0.15, 0.2) is 35.1 Å². The largest absolute Gasteiger partial charge is 0.388 e. The number of benzene rings is 1. The van der Waals surface area contributed by atoms with E-state index in [1.165, 1.54) is 0 Å². The second-order valence-electron chi connectivity index (χ2n) is 3.71. The normalized spacial score (nSPS) is 10.1. The molecule has 3 N–H and O–H groups in total. The second kappa shape index (κ2) is 5.41. The first-order chi connectivity index (χ1) is 8.58. The van der Waals surface area contributed by atoms with Crippen LogP contribution in [-0.2, 0) is 0 Å². The van der Waals surface area contributed by atoms with Crippen molar-refractivity contribution in [1.82, 2.24) is 9.97 Å². The SMILES string of the molecule is Cc1cc(Nc2nccnc2C(N)=S)ccc1Br. The predicted octanol–water partition coefficient (Wildman–Crippen LogP) is 2.93. The number of nitrogens with zero attached hydrogens (tertiary/aromatic N) is 2. The first-order valence-corrected chi connectivity index (χ1v) is 6.42. The summed E-state index contributed by atoms with van der Waals surface area (Å²) < 4.78 is 1.06. The van der Waals surface area contributed by atoms with Crippen LogP contribution in [0.1, 0.15) is 11.3 Å². The van der Waals surface area contributed by atoms with E-state index in [9.17, 15) is 0 Å². The molecule has 0 amide bonds. The molecule has 1 heterocycles. The third kappa shape index (κ3) is 2.83. The van der Waals surface area contributed by atoms with Crippen molar-refractivity contribution in [3.8, 4) is 0 Å². The van der Waals surface area contributed by atoms with Gasteiger partial charge in [0.1, 0.15) is 10.7 Å². The van der Waals surface area contributed by atoms with Gasteiger partial charge in [0, 0.05) is 22.6 Å². The Kier molecular flexibility index (Phi) is 3.88. The van der Waals surface area contributed by atoms with Crippen LogP contribution < -0.4 is 11.1 Å². The average molecular weight is 323 g/mol. The fraction of sp³-hybridized carbons (Fsp3) is 0.0833. The number of halogens is 1. The summed E-state index contributed by atoms with van der Waals surface area (Å²) in [5.74, 6) is 0.562. The molecule has 0 bridgehead atoms. The Morgan fingerprint density at radius 1 is 1.33 bits per heavy atom. The highest BCUT2D eigenvalue weighted by Crippen LogP contribution is 2.23. The van der Waals surface area contributed by atoms with Gasteiger partial charge in [-0.15, -0.1) is 0 Å². The van der Waals surface area contributed by atoms with E-state index in [0.717, 1.165) is 15.7 Å². The minimum atomic E-state index is 0.222. The Hall–Kier alpha value is -1.53. The Balaban J connectivity index is 2.34. The molecule has 0 aliphatic heterocycles. The van der Waals surface area contributed by atoms with Gasteiger partial charge in [-0.2, -0.15) is 0 Å². The lowest BCUT2D eigenvalue weighted by Crippen LogP contribution is -2.14. The molecule has 0 aliphatic rings. The van der Waals surface area contributed by atoms with E-state index >= 15 is 0 Å². The summed E-state index contributed by atoms with van der Waals surface area (Å²) in [5.41, 5.74) is 8.13. The second-order valence-corrected chi connectivity index (χ2v) is 5.00. The van der Waals surface area contributed by atoms with Crippen LogP contribution in [0.25, 0.3) is 0 Å². The van der Waals surface area contributed by atoms with E-state index in [1.54, 1.807) is 12.4 Å². The van der Waals surface area contributed by atoms with Crippen LogP contribution in [0, 0.1) is 6.92 Å². The van der Waals surface area contributed by atoms with Gasteiger partial charge in [0.25, 0.3) is 0 Å². The highest BCUT2D eigenvalue weighted by molar-refractivity contribution is 9.10. The number of nitrogens with one attached hydrogen (secondary N) is 1. The van der Waals surface area contributed by atoms with Crippen molar-refractivity contribution >= 4 is 44.6 Å². The molecule has 2 rings (SSSR count). The number of anilines is 2. The summed E-state index contributed by atoms with van der Waals surface area (Å²) in [4.78, 5) is 8.53.